The molecule has 0 aliphatic carbocycles. The smallest absolute Gasteiger partial charge is 0.0960 e. The normalized spacial score (nSPS) is 13.0. The quantitative estimate of drug-likeness (QED) is 0.403. The summed E-state index contributed by atoms with van der Waals surface area (Å²) in [5, 5.41) is 0.151. The molecular formula is C13H20Cl2S. The van der Waals surface area contributed by atoms with Crippen molar-refractivity contribution in [1.82, 2.24) is 0 Å². The number of alkyl halides is 1. The van der Waals surface area contributed by atoms with Gasteiger partial charge in [0.1, 0.15) is 0 Å². The van der Waals surface area contributed by atoms with Gasteiger partial charge < -0.3 is 0 Å². The second-order valence-corrected chi connectivity index (χ2v) is 6.49. The maximum Gasteiger partial charge on any atom is 0.0960 e. The highest BCUT2D eigenvalue weighted by atomic mass is 35.5. The van der Waals surface area contributed by atoms with Gasteiger partial charge in [-0.2, -0.15) is 0 Å². The standard InChI is InChI=1S/C13H20Cl2S/c1-3-4-5-6-7-8-11(14)12-9-10(2)13(15)16-12/h9,11H,3-8H2,1-2H3. The highest BCUT2D eigenvalue weighted by Gasteiger charge is 2.12. The van der Waals surface area contributed by atoms with E-state index in [0.29, 0.717) is 0 Å². The summed E-state index contributed by atoms with van der Waals surface area (Å²) in [6, 6.07) is 2.12. The molecule has 16 heavy (non-hydrogen) atoms. The molecule has 1 unspecified atom stereocenters. The zero-order valence-corrected chi connectivity index (χ0v) is 12.4. The third-order valence-corrected chi connectivity index (χ3v) is 5.00. The van der Waals surface area contributed by atoms with Crippen LogP contribution in [0.1, 0.15) is 61.3 Å². The molecule has 0 amide bonds. The molecular weight excluding hydrogens is 259 g/mol. The molecule has 0 N–H and O–H groups in total. The summed E-state index contributed by atoms with van der Waals surface area (Å²) in [7, 11) is 0. The number of hydrogen-bond acceptors (Lipinski definition) is 1. The third kappa shape index (κ3) is 4.65. The van der Waals surface area contributed by atoms with E-state index in [0.717, 1.165) is 16.3 Å². The fraction of sp³-hybridized carbons (Fsp3) is 0.692. The Kier molecular flexibility index (Phi) is 6.79. The lowest BCUT2D eigenvalue weighted by atomic mass is 10.1. The fourth-order valence-corrected chi connectivity index (χ4v) is 3.29. The Morgan fingerprint density at radius 2 is 1.94 bits per heavy atom. The maximum absolute atomic E-state index is 6.36. The molecule has 3 heteroatoms. The number of thiophene rings is 1. The second kappa shape index (κ2) is 7.58. The van der Waals surface area contributed by atoms with Crippen molar-refractivity contribution in [2.24, 2.45) is 0 Å². The van der Waals surface area contributed by atoms with Crippen LogP contribution in [0.25, 0.3) is 0 Å². The van der Waals surface area contributed by atoms with Crippen molar-refractivity contribution in [1.29, 1.82) is 0 Å². The van der Waals surface area contributed by atoms with E-state index in [1.165, 1.54) is 37.0 Å². The average Bonchev–Trinajstić information content (AvgIpc) is 2.59. The average molecular weight is 279 g/mol. The van der Waals surface area contributed by atoms with E-state index in [1.807, 2.05) is 6.92 Å². The largest absolute Gasteiger partial charge is 0.127 e. The molecule has 1 aromatic heterocycles. The summed E-state index contributed by atoms with van der Waals surface area (Å²) in [5.74, 6) is 0. The van der Waals surface area contributed by atoms with E-state index in [2.05, 4.69) is 13.0 Å². The van der Waals surface area contributed by atoms with Crippen molar-refractivity contribution in [2.45, 2.75) is 57.7 Å². The van der Waals surface area contributed by atoms with Crippen LogP contribution in [0.15, 0.2) is 6.07 Å². The van der Waals surface area contributed by atoms with Gasteiger partial charge in [-0.3, -0.25) is 0 Å². The summed E-state index contributed by atoms with van der Waals surface area (Å²) in [4.78, 5) is 1.22. The van der Waals surface area contributed by atoms with E-state index in [4.69, 9.17) is 23.2 Å². The minimum Gasteiger partial charge on any atom is -0.127 e. The Balaban J connectivity index is 2.27. The van der Waals surface area contributed by atoms with Crippen molar-refractivity contribution >= 4 is 34.5 Å². The van der Waals surface area contributed by atoms with Crippen LogP contribution in [-0.2, 0) is 0 Å². The molecule has 0 saturated carbocycles. The SMILES string of the molecule is CCCCCCCC(Cl)c1cc(C)c(Cl)s1. The van der Waals surface area contributed by atoms with Gasteiger partial charge >= 0.3 is 0 Å². The van der Waals surface area contributed by atoms with E-state index in [-0.39, 0.29) is 5.38 Å². The number of aryl methyl sites for hydroxylation is 1. The molecule has 0 aromatic carbocycles. The number of hydrogen-bond donors (Lipinski definition) is 0. The summed E-state index contributed by atoms with van der Waals surface area (Å²) < 4.78 is 0.881. The minimum absolute atomic E-state index is 0.151. The van der Waals surface area contributed by atoms with Gasteiger partial charge in [0.2, 0.25) is 0 Å². The van der Waals surface area contributed by atoms with Gasteiger partial charge in [-0.15, -0.1) is 22.9 Å². The molecule has 1 heterocycles. The highest BCUT2D eigenvalue weighted by molar-refractivity contribution is 7.16. The molecule has 1 rings (SSSR count). The summed E-state index contributed by atoms with van der Waals surface area (Å²) >= 11 is 14.0. The van der Waals surface area contributed by atoms with Gasteiger partial charge in [-0.1, -0.05) is 50.6 Å². The number of unbranched alkanes of at least 4 members (excludes halogenated alkanes) is 4. The van der Waals surface area contributed by atoms with E-state index < -0.39 is 0 Å². The predicted molar refractivity (Wildman–Crippen MR) is 76.0 cm³/mol. The van der Waals surface area contributed by atoms with Crippen LogP contribution in [0.2, 0.25) is 4.34 Å². The van der Waals surface area contributed by atoms with Crippen molar-refractivity contribution in [3.8, 4) is 0 Å². The Morgan fingerprint density at radius 3 is 2.50 bits per heavy atom. The third-order valence-electron chi connectivity index (χ3n) is 2.75. The second-order valence-electron chi connectivity index (χ2n) is 4.28. The molecule has 1 atom stereocenters. The zero-order chi connectivity index (χ0) is 12.0. The van der Waals surface area contributed by atoms with Crippen molar-refractivity contribution < 1.29 is 0 Å². The van der Waals surface area contributed by atoms with Crippen LogP contribution >= 0.6 is 34.5 Å². The first-order valence-electron chi connectivity index (χ1n) is 6.05. The van der Waals surface area contributed by atoms with Gasteiger partial charge in [-0.25, -0.2) is 0 Å². The molecule has 0 radical (unpaired) electrons. The van der Waals surface area contributed by atoms with Crippen LogP contribution in [-0.4, -0.2) is 0 Å². The molecule has 0 aliphatic rings. The first-order chi connectivity index (χ1) is 7.65. The first kappa shape index (κ1) is 14.3. The Labute approximate surface area is 113 Å². The highest BCUT2D eigenvalue weighted by Crippen LogP contribution is 2.36. The van der Waals surface area contributed by atoms with Crippen molar-refractivity contribution in [3.63, 3.8) is 0 Å². The molecule has 0 nitrogen and oxygen atoms in total. The monoisotopic (exact) mass is 278 g/mol. The Bertz CT molecular complexity index is 287. The van der Waals surface area contributed by atoms with Gasteiger partial charge in [0, 0.05) is 4.88 Å². The molecule has 0 aliphatic heterocycles. The van der Waals surface area contributed by atoms with Gasteiger partial charge in [0.05, 0.1) is 9.71 Å². The molecule has 0 saturated heterocycles. The molecule has 0 bridgehead atoms. The lowest BCUT2D eigenvalue weighted by Gasteiger charge is -2.06. The predicted octanol–water partition coefficient (Wildman–Crippen LogP) is 6.35. The molecule has 1 aromatic rings. The van der Waals surface area contributed by atoms with Crippen LogP contribution in [0.5, 0.6) is 0 Å². The maximum atomic E-state index is 6.36. The fourth-order valence-electron chi connectivity index (χ4n) is 1.71. The zero-order valence-electron chi connectivity index (χ0n) is 10.1. The number of rotatable bonds is 7. The van der Waals surface area contributed by atoms with Crippen LogP contribution < -0.4 is 0 Å². The topological polar surface area (TPSA) is 0 Å². The lowest BCUT2D eigenvalue weighted by molar-refractivity contribution is 0.603. The first-order valence-corrected chi connectivity index (χ1v) is 7.68. The van der Waals surface area contributed by atoms with Gasteiger partial charge in [0.25, 0.3) is 0 Å². The summed E-state index contributed by atoms with van der Waals surface area (Å²) in [6.45, 7) is 4.27. The lowest BCUT2D eigenvalue weighted by Crippen LogP contribution is -1.87. The van der Waals surface area contributed by atoms with Crippen LogP contribution in [0.3, 0.4) is 0 Å². The van der Waals surface area contributed by atoms with Crippen LogP contribution in [0, 0.1) is 6.92 Å². The molecule has 92 valence electrons. The number of halogens is 2. The summed E-state index contributed by atoms with van der Waals surface area (Å²) in [6.07, 6.45) is 7.57. The minimum atomic E-state index is 0.151. The Morgan fingerprint density at radius 1 is 1.25 bits per heavy atom. The van der Waals surface area contributed by atoms with E-state index in [1.54, 1.807) is 11.3 Å². The van der Waals surface area contributed by atoms with Crippen LogP contribution in [0.4, 0.5) is 0 Å². The van der Waals surface area contributed by atoms with Gasteiger partial charge in [-0.05, 0) is 25.0 Å². The van der Waals surface area contributed by atoms with Gasteiger partial charge in [0.15, 0.2) is 0 Å². The van der Waals surface area contributed by atoms with E-state index >= 15 is 0 Å². The van der Waals surface area contributed by atoms with Crippen molar-refractivity contribution in [3.05, 3.63) is 20.8 Å². The molecule has 0 spiro atoms. The van der Waals surface area contributed by atoms with E-state index in [9.17, 15) is 0 Å². The Hall–Kier alpha value is 0.280. The molecule has 0 fully saturated rings. The summed E-state index contributed by atoms with van der Waals surface area (Å²) in [5.41, 5.74) is 1.15. The van der Waals surface area contributed by atoms with Crippen molar-refractivity contribution in [2.75, 3.05) is 0 Å².